The first kappa shape index (κ1) is 22.6. The van der Waals surface area contributed by atoms with Crippen molar-refractivity contribution in [3.8, 4) is 5.75 Å². The number of fused-ring (bicyclic) bond motifs is 1. The molecule has 8 heteroatoms. The molecule has 2 aliphatic rings. The average Bonchev–Trinajstić information content (AvgIpc) is 3.21. The summed E-state index contributed by atoms with van der Waals surface area (Å²) in [7, 11) is 3.46. The second-order valence-corrected chi connectivity index (χ2v) is 9.36. The number of β-amino-alcohol motifs (C(OH)–C–C–N with tert-alkyl or cyclic N) is 1. The molecule has 1 saturated heterocycles. The maximum absolute atomic E-state index is 13.3. The van der Waals surface area contributed by atoms with Gasteiger partial charge in [-0.3, -0.25) is 14.5 Å². The van der Waals surface area contributed by atoms with Crippen LogP contribution in [0.25, 0.3) is 0 Å². The van der Waals surface area contributed by atoms with Crippen LogP contribution in [0.3, 0.4) is 0 Å². The molecule has 0 aromatic heterocycles. The fourth-order valence-electron chi connectivity index (χ4n) is 4.24. The Kier molecular flexibility index (Phi) is 7.03. The number of amides is 2. The van der Waals surface area contributed by atoms with E-state index in [9.17, 15) is 14.7 Å². The van der Waals surface area contributed by atoms with Crippen molar-refractivity contribution in [2.45, 2.75) is 29.9 Å². The number of hydrogen-bond acceptors (Lipinski definition) is 6. The predicted molar refractivity (Wildman–Crippen MR) is 125 cm³/mol. The molecule has 2 aromatic carbocycles. The van der Waals surface area contributed by atoms with E-state index in [1.807, 2.05) is 49.5 Å². The van der Waals surface area contributed by atoms with Gasteiger partial charge in [-0.05, 0) is 41.8 Å². The van der Waals surface area contributed by atoms with E-state index in [1.54, 1.807) is 12.0 Å². The summed E-state index contributed by atoms with van der Waals surface area (Å²) in [6, 6.07) is 13.4. The first-order valence-electron chi connectivity index (χ1n) is 10.8. The Morgan fingerprint density at radius 1 is 1.34 bits per heavy atom. The van der Waals surface area contributed by atoms with Crippen molar-refractivity contribution in [3.05, 3.63) is 53.6 Å². The van der Waals surface area contributed by atoms with E-state index >= 15 is 0 Å². The Hall–Kier alpha value is -2.55. The lowest BCUT2D eigenvalue weighted by molar-refractivity contribution is -0.131. The number of carbonyl (C=O) groups excluding carboxylic acids is 2. The van der Waals surface area contributed by atoms with Gasteiger partial charge in [-0.15, -0.1) is 11.8 Å². The number of likely N-dealkylation sites (N-methyl/N-ethyl adjacent to an activating group) is 1. The summed E-state index contributed by atoms with van der Waals surface area (Å²) in [6.07, 6.45) is 0.680. The number of likely N-dealkylation sites (tertiary alicyclic amines) is 1. The van der Waals surface area contributed by atoms with Crippen LogP contribution in [0.5, 0.6) is 5.75 Å². The Morgan fingerprint density at radius 3 is 2.94 bits per heavy atom. The van der Waals surface area contributed by atoms with Crippen LogP contribution >= 0.6 is 11.8 Å². The number of nitrogens with one attached hydrogen (secondary N) is 1. The van der Waals surface area contributed by atoms with Gasteiger partial charge < -0.3 is 20.1 Å². The molecule has 0 radical (unpaired) electrons. The number of carbonyl (C=O) groups is 2. The van der Waals surface area contributed by atoms with Gasteiger partial charge in [0.15, 0.2) is 0 Å². The lowest BCUT2D eigenvalue weighted by atomic mass is 10.0. The van der Waals surface area contributed by atoms with Crippen molar-refractivity contribution in [2.75, 3.05) is 44.9 Å². The van der Waals surface area contributed by atoms with Gasteiger partial charge in [0.25, 0.3) is 0 Å². The van der Waals surface area contributed by atoms with E-state index in [0.717, 1.165) is 40.4 Å². The van der Waals surface area contributed by atoms with Crippen LogP contribution in [0.2, 0.25) is 0 Å². The van der Waals surface area contributed by atoms with Crippen LogP contribution in [0.15, 0.2) is 47.4 Å². The minimum atomic E-state index is -0.314. The van der Waals surface area contributed by atoms with Crippen LogP contribution in [0.4, 0.5) is 5.69 Å². The first-order chi connectivity index (χ1) is 15.4. The molecule has 170 valence electrons. The Labute approximate surface area is 192 Å². The smallest absolute Gasteiger partial charge is 0.234 e. The number of rotatable bonds is 7. The summed E-state index contributed by atoms with van der Waals surface area (Å²) < 4.78 is 5.40. The number of hydrogen-bond donors (Lipinski definition) is 2. The third-order valence-electron chi connectivity index (χ3n) is 6.05. The molecule has 2 N–H and O–H groups in total. The number of ether oxygens (including phenoxy) is 1. The van der Waals surface area contributed by atoms with Crippen molar-refractivity contribution >= 4 is 29.3 Å². The number of methoxy groups -OCH3 is 1. The van der Waals surface area contributed by atoms with E-state index < -0.39 is 0 Å². The molecule has 2 amide bonds. The van der Waals surface area contributed by atoms with Gasteiger partial charge in [0.05, 0.1) is 37.1 Å². The summed E-state index contributed by atoms with van der Waals surface area (Å²) in [5.41, 5.74) is 2.63. The van der Waals surface area contributed by atoms with Crippen molar-refractivity contribution < 1.29 is 19.4 Å². The summed E-state index contributed by atoms with van der Waals surface area (Å²) in [4.78, 5) is 30.0. The highest BCUT2D eigenvalue weighted by molar-refractivity contribution is 8.00. The molecule has 2 aromatic rings. The Morgan fingerprint density at radius 2 is 2.19 bits per heavy atom. The Balaban J connectivity index is 1.53. The standard InChI is InChI=1S/C24H29N3O4S/c1-26(24(30)11-16-6-7-22-20(10-16)25-23(29)15-32-22)21(14-27-9-8-18(28)13-27)17-4-3-5-19(12-17)31-2/h3-7,10,12,18,21,28H,8-9,11,13-15H2,1-2H3,(H,25,29)/t18-,21+/m0/s1. The summed E-state index contributed by atoms with van der Waals surface area (Å²) in [6.45, 7) is 2.07. The number of aliphatic hydroxyl groups excluding tert-OH is 1. The minimum absolute atomic E-state index is 0.00713. The number of nitrogens with zero attached hydrogens (tertiary/aromatic N) is 2. The van der Waals surface area contributed by atoms with Crippen LogP contribution in [0, 0.1) is 0 Å². The number of aliphatic hydroxyl groups is 1. The molecular weight excluding hydrogens is 426 g/mol. The molecule has 32 heavy (non-hydrogen) atoms. The molecule has 0 spiro atoms. The molecule has 1 fully saturated rings. The highest BCUT2D eigenvalue weighted by Gasteiger charge is 2.28. The SMILES string of the molecule is COc1cccc([C@@H](CN2CC[C@H](O)C2)N(C)C(=O)Cc2ccc3c(c2)NC(=O)CS3)c1. The lowest BCUT2D eigenvalue weighted by Crippen LogP contribution is -2.39. The monoisotopic (exact) mass is 455 g/mol. The average molecular weight is 456 g/mol. The highest BCUT2D eigenvalue weighted by Crippen LogP contribution is 2.32. The maximum Gasteiger partial charge on any atom is 0.234 e. The molecule has 0 saturated carbocycles. The molecule has 0 unspecified atom stereocenters. The molecule has 7 nitrogen and oxygen atoms in total. The van der Waals surface area contributed by atoms with Crippen molar-refractivity contribution in [2.24, 2.45) is 0 Å². The van der Waals surface area contributed by atoms with Gasteiger partial charge in [-0.25, -0.2) is 0 Å². The van der Waals surface area contributed by atoms with Gasteiger partial charge in [-0.2, -0.15) is 0 Å². The topological polar surface area (TPSA) is 82.1 Å². The third-order valence-corrected chi connectivity index (χ3v) is 7.12. The van der Waals surface area contributed by atoms with E-state index in [0.29, 0.717) is 18.8 Å². The van der Waals surface area contributed by atoms with Gasteiger partial charge in [-0.1, -0.05) is 18.2 Å². The molecule has 2 aliphatic heterocycles. The van der Waals surface area contributed by atoms with Crippen molar-refractivity contribution in [1.82, 2.24) is 9.80 Å². The maximum atomic E-state index is 13.3. The first-order valence-corrected chi connectivity index (χ1v) is 11.8. The normalized spacial score (nSPS) is 19.2. The van der Waals surface area contributed by atoms with Gasteiger partial charge in [0, 0.05) is 31.6 Å². The second kappa shape index (κ2) is 9.94. The predicted octanol–water partition coefficient (Wildman–Crippen LogP) is 2.55. The lowest BCUT2D eigenvalue weighted by Gasteiger charge is -2.32. The minimum Gasteiger partial charge on any atom is -0.497 e. The van der Waals surface area contributed by atoms with E-state index in [4.69, 9.17) is 4.74 Å². The molecule has 4 rings (SSSR count). The zero-order chi connectivity index (χ0) is 22.7. The third kappa shape index (κ3) is 5.26. The van der Waals surface area contributed by atoms with Crippen LogP contribution in [-0.2, 0) is 16.0 Å². The second-order valence-electron chi connectivity index (χ2n) is 8.34. The van der Waals surface area contributed by atoms with E-state index in [2.05, 4.69) is 10.2 Å². The number of thioether (sulfide) groups is 1. The largest absolute Gasteiger partial charge is 0.497 e. The van der Waals surface area contributed by atoms with Crippen LogP contribution < -0.4 is 10.1 Å². The van der Waals surface area contributed by atoms with Crippen molar-refractivity contribution in [3.63, 3.8) is 0 Å². The fourth-order valence-corrected chi connectivity index (χ4v) is 5.02. The van der Waals surface area contributed by atoms with Crippen molar-refractivity contribution in [1.29, 1.82) is 0 Å². The van der Waals surface area contributed by atoms with Gasteiger partial charge in [0.2, 0.25) is 11.8 Å². The van der Waals surface area contributed by atoms with E-state index in [1.165, 1.54) is 11.8 Å². The molecule has 2 heterocycles. The number of benzene rings is 2. The van der Waals surface area contributed by atoms with E-state index in [-0.39, 0.29) is 30.4 Å². The summed E-state index contributed by atoms with van der Waals surface area (Å²) in [5, 5.41) is 12.8. The van der Waals surface area contributed by atoms with Crippen LogP contribution in [0.1, 0.15) is 23.6 Å². The zero-order valence-corrected chi connectivity index (χ0v) is 19.2. The quantitative estimate of drug-likeness (QED) is 0.668. The Bertz CT molecular complexity index is 999. The fraction of sp³-hybridized carbons (Fsp3) is 0.417. The number of anilines is 1. The zero-order valence-electron chi connectivity index (χ0n) is 18.4. The summed E-state index contributed by atoms with van der Waals surface area (Å²) in [5.74, 6) is 1.14. The molecule has 0 aliphatic carbocycles. The summed E-state index contributed by atoms with van der Waals surface area (Å²) >= 11 is 1.51. The van der Waals surface area contributed by atoms with Crippen LogP contribution in [-0.4, -0.2) is 72.4 Å². The molecule has 2 atom stereocenters. The van der Waals surface area contributed by atoms with Gasteiger partial charge >= 0.3 is 0 Å². The molecular formula is C24H29N3O4S. The molecule has 0 bridgehead atoms. The highest BCUT2D eigenvalue weighted by atomic mass is 32.2. The van der Waals surface area contributed by atoms with Gasteiger partial charge in [0.1, 0.15) is 5.75 Å².